The number of halogens is 1. The third-order valence-corrected chi connectivity index (χ3v) is 3.92. The maximum absolute atomic E-state index is 6.32. The van der Waals surface area contributed by atoms with Crippen molar-refractivity contribution < 1.29 is 0 Å². The molecule has 3 heteroatoms. The molecule has 3 rings (SSSR count). The number of benzene rings is 1. The highest BCUT2D eigenvalue weighted by atomic mass is 35.5. The number of nitrogens with zero attached hydrogens (tertiary/aromatic N) is 1. The van der Waals surface area contributed by atoms with E-state index in [1.807, 2.05) is 30.5 Å². The van der Waals surface area contributed by atoms with Crippen molar-refractivity contribution in [2.24, 2.45) is 0 Å². The molecule has 92 valence electrons. The summed E-state index contributed by atoms with van der Waals surface area (Å²) in [4.78, 5) is 4.55. The summed E-state index contributed by atoms with van der Waals surface area (Å²) in [5.41, 5.74) is 10.1. The van der Waals surface area contributed by atoms with Crippen LogP contribution in [0.15, 0.2) is 36.5 Å². The van der Waals surface area contributed by atoms with Crippen LogP contribution in [0, 0.1) is 0 Å². The van der Waals surface area contributed by atoms with Gasteiger partial charge in [-0.05, 0) is 48.6 Å². The molecule has 2 aromatic rings. The molecule has 1 aromatic heterocycles. The van der Waals surface area contributed by atoms with Crippen molar-refractivity contribution in [2.75, 3.05) is 5.73 Å². The van der Waals surface area contributed by atoms with E-state index in [2.05, 4.69) is 11.1 Å². The van der Waals surface area contributed by atoms with E-state index in [4.69, 9.17) is 17.3 Å². The van der Waals surface area contributed by atoms with Crippen LogP contribution in [0.1, 0.15) is 35.6 Å². The zero-order valence-corrected chi connectivity index (χ0v) is 10.8. The maximum Gasteiger partial charge on any atom is 0.0510 e. The van der Waals surface area contributed by atoms with Crippen LogP contribution in [-0.4, -0.2) is 4.98 Å². The number of aryl methyl sites for hydroxylation is 1. The van der Waals surface area contributed by atoms with Crippen molar-refractivity contribution in [3.05, 3.63) is 58.4 Å². The van der Waals surface area contributed by atoms with E-state index in [1.54, 1.807) is 0 Å². The summed E-state index contributed by atoms with van der Waals surface area (Å²) in [6.07, 6.45) is 5.27. The van der Waals surface area contributed by atoms with Crippen LogP contribution in [0.25, 0.3) is 0 Å². The summed E-state index contributed by atoms with van der Waals surface area (Å²) in [5, 5.41) is 0.749. The molecule has 0 aliphatic heterocycles. The molecule has 1 aromatic carbocycles. The SMILES string of the molecule is Nc1ccc(C2CCCc3cccnc32)c(Cl)c1. The van der Waals surface area contributed by atoms with Crippen molar-refractivity contribution in [3.63, 3.8) is 0 Å². The monoisotopic (exact) mass is 258 g/mol. The molecule has 0 fully saturated rings. The quantitative estimate of drug-likeness (QED) is 0.791. The Bertz CT molecular complexity index is 580. The molecule has 0 bridgehead atoms. The molecule has 1 aliphatic carbocycles. The molecule has 0 radical (unpaired) electrons. The summed E-state index contributed by atoms with van der Waals surface area (Å²) in [6, 6.07) is 9.95. The van der Waals surface area contributed by atoms with Gasteiger partial charge in [-0.25, -0.2) is 0 Å². The zero-order valence-electron chi connectivity index (χ0n) is 10.1. The van der Waals surface area contributed by atoms with Gasteiger partial charge in [0, 0.05) is 22.8 Å². The number of nitrogens with two attached hydrogens (primary N) is 1. The Balaban J connectivity index is 2.08. The van der Waals surface area contributed by atoms with Crippen LogP contribution in [0.2, 0.25) is 5.02 Å². The Kier molecular flexibility index (Phi) is 2.96. The average molecular weight is 259 g/mol. The largest absolute Gasteiger partial charge is 0.399 e. The maximum atomic E-state index is 6.32. The second-order valence-corrected chi connectivity index (χ2v) is 5.18. The standard InChI is InChI=1S/C15H15ClN2/c16-14-9-11(17)6-7-12(14)13-5-1-3-10-4-2-8-18-15(10)13/h2,4,6-9,13H,1,3,5,17H2. The fourth-order valence-electron chi connectivity index (χ4n) is 2.74. The Morgan fingerprint density at radius 3 is 3.00 bits per heavy atom. The van der Waals surface area contributed by atoms with Gasteiger partial charge < -0.3 is 5.73 Å². The Morgan fingerprint density at radius 2 is 2.17 bits per heavy atom. The Morgan fingerprint density at radius 1 is 1.28 bits per heavy atom. The topological polar surface area (TPSA) is 38.9 Å². The van der Waals surface area contributed by atoms with Crippen molar-refractivity contribution in [3.8, 4) is 0 Å². The fourth-order valence-corrected chi connectivity index (χ4v) is 3.06. The van der Waals surface area contributed by atoms with Gasteiger partial charge in [-0.15, -0.1) is 0 Å². The van der Waals surface area contributed by atoms with Crippen LogP contribution in [0.5, 0.6) is 0 Å². The minimum Gasteiger partial charge on any atom is -0.399 e. The molecular weight excluding hydrogens is 244 g/mol. The van der Waals surface area contributed by atoms with Crippen molar-refractivity contribution >= 4 is 17.3 Å². The van der Waals surface area contributed by atoms with Gasteiger partial charge in [0.1, 0.15) is 0 Å². The minimum atomic E-state index is 0.308. The smallest absolute Gasteiger partial charge is 0.0510 e. The van der Waals surface area contributed by atoms with Crippen LogP contribution < -0.4 is 5.73 Å². The third kappa shape index (κ3) is 1.97. The molecule has 1 heterocycles. The second-order valence-electron chi connectivity index (χ2n) is 4.77. The summed E-state index contributed by atoms with van der Waals surface area (Å²) in [6.45, 7) is 0. The highest BCUT2D eigenvalue weighted by Gasteiger charge is 2.24. The first-order chi connectivity index (χ1) is 8.75. The van der Waals surface area contributed by atoms with E-state index < -0.39 is 0 Å². The number of fused-ring (bicyclic) bond motifs is 1. The summed E-state index contributed by atoms with van der Waals surface area (Å²) >= 11 is 6.32. The lowest BCUT2D eigenvalue weighted by Crippen LogP contribution is -2.13. The molecule has 0 amide bonds. The number of anilines is 1. The van der Waals surface area contributed by atoms with Crippen LogP contribution in [-0.2, 0) is 6.42 Å². The van der Waals surface area contributed by atoms with Crippen LogP contribution in [0.3, 0.4) is 0 Å². The average Bonchev–Trinajstić information content (AvgIpc) is 2.38. The van der Waals surface area contributed by atoms with E-state index in [1.165, 1.54) is 17.7 Å². The lowest BCUT2D eigenvalue weighted by Gasteiger charge is -2.25. The van der Waals surface area contributed by atoms with E-state index in [0.29, 0.717) is 11.6 Å². The van der Waals surface area contributed by atoms with Gasteiger partial charge >= 0.3 is 0 Å². The Labute approximate surface area is 112 Å². The first-order valence-electron chi connectivity index (χ1n) is 6.24. The van der Waals surface area contributed by atoms with E-state index in [9.17, 15) is 0 Å². The van der Waals surface area contributed by atoms with Gasteiger partial charge in [-0.1, -0.05) is 23.7 Å². The van der Waals surface area contributed by atoms with Gasteiger partial charge in [0.05, 0.1) is 5.69 Å². The van der Waals surface area contributed by atoms with Gasteiger partial charge in [-0.2, -0.15) is 0 Å². The number of pyridine rings is 1. The molecule has 1 aliphatic rings. The van der Waals surface area contributed by atoms with Crippen LogP contribution in [0.4, 0.5) is 5.69 Å². The molecule has 18 heavy (non-hydrogen) atoms. The first kappa shape index (κ1) is 11.5. The third-order valence-electron chi connectivity index (χ3n) is 3.60. The second kappa shape index (κ2) is 4.62. The summed E-state index contributed by atoms with van der Waals surface area (Å²) in [7, 11) is 0. The lowest BCUT2D eigenvalue weighted by molar-refractivity contribution is 0.599. The van der Waals surface area contributed by atoms with E-state index in [-0.39, 0.29) is 0 Å². The number of hydrogen-bond donors (Lipinski definition) is 1. The minimum absolute atomic E-state index is 0.308. The van der Waals surface area contributed by atoms with Crippen LogP contribution >= 0.6 is 11.6 Å². The first-order valence-corrected chi connectivity index (χ1v) is 6.62. The van der Waals surface area contributed by atoms with Gasteiger partial charge in [0.2, 0.25) is 0 Å². The molecule has 2 nitrogen and oxygen atoms in total. The summed E-state index contributed by atoms with van der Waals surface area (Å²) in [5.74, 6) is 0.308. The van der Waals surface area contributed by atoms with Crippen molar-refractivity contribution in [2.45, 2.75) is 25.2 Å². The fraction of sp³-hybridized carbons (Fsp3) is 0.267. The Hall–Kier alpha value is -1.54. The van der Waals surface area contributed by atoms with Gasteiger partial charge in [0.25, 0.3) is 0 Å². The molecule has 0 saturated heterocycles. The molecule has 0 spiro atoms. The molecule has 1 atom stereocenters. The zero-order chi connectivity index (χ0) is 12.5. The summed E-state index contributed by atoms with van der Waals surface area (Å²) < 4.78 is 0. The highest BCUT2D eigenvalue weighted by Crippen LogP contribution is 2.38. The number of rotatable bonds is 1. The normalized spacial score (nSPS) is 18.4. The molecule has 1 unspecified atom stereocenters. The van der Waals surface area contributed by atoms with Crippen molar-refractivity contribution in [1.82, 2.24) is 4.98 Å². The highest BCUT2D eigenvalue weighted by molar-refractivity contribution is 6.31. The predicted octanol–water partition coefficient (Wildman–Crippen LogP) is 3.79. The molecular formula is C15H15ClN2. The van der Waals surface area contributed by atoms with Gasteiger partial charge in [0.15, 0.2) is 0 Å². The number of hydrogen-bond acceptors (Lipinski definition) is 2. The molecule has 0 saturated carbocycles. The molecule has 2 N–H and O–H groups in total. The van der Waals surface area contributed by atoms with E-state index >= 15 is 0 Å². The number of nitrogen functional groups attached to an aromatic ring is 1. The lowest BCUT2D eigenvalue weighted by atomic mass is 9.82. The van der Waals surface area contributed by atoms with Gasteiger partial charge in [-0.3, -0.25) is 4.98 Å². The van der Waals surface area contributed by atoms with Crippen molar-refractivity contribution in [1.29, 1.82) is 0 Å². The number of aromatic nitrogens is 1. The van der Waals surface area contributed by atoms with E-state index in [0.717, 1.165) is 23.4 Å². The predicted molar refractivity (Wildman–Crippen MR) is 74.9 cm³/mol.